The fourth-order valence-electron chi connectivity index (χ4n) is 1.65. The van der Waals surface area contributed by atoms with Crippen LogP contribution in [0, 0.1) is 12.7 Å². The summed E-state index contributed by atoms with van der Waals surface area (Å²) in [5.74, 6) is -0.489. The SMILES string of the molecule is Cc1ccc(OCC(=O)Nc2ccc(Cl)cc2N)cc1F. The van der Waals surface area contributed by atoms with E-state index in [2.05, 4.69) is 5.32 Å². The van der Waals surface area contributed by atoms with Gasteiger partial charge in [-0.3, -0.25) is 4.79 Å². The minimum absolute atomic E-state index is 0.245. The van der Waals surface area contributed by atoms with Crippen molar-refractivity contribution in [3.63, 3.8) is 0 Å². The van der Waals surface area contributed by atoms with Crippen molar-refractivity contribution in [2.75, 3.05) is 17.7 Å². The lowest BCUT2D eigenvalue weighted by Crippen LogP contribution is -2.20. The lowest BCUT2D eigenvalue weighted by atomic mass is 10.2. The average Bonchev–Trinajstić information content (AvgIpc) is 2.43. The van der Waals surface area contributed by atoms with Gasteiger partial charge in [-0.25, -0.2) is 4.39 Å². The van der Waals surface area contributed by atoms with Crippen molar-refractivity contribution >= 4 is 28.9 Å². The number of carbonyl (C=O) groups is 1. The van der Waals surface area contributed by atoms with Crippen LogP contribution in [-0.4, -0.2) is 12.5 Å². The van der Waals surface area contributed by atoms with E-state index in [9.17, 15) is 9.18 Å². The van der Waals surface area contributed by atoms with Crippen molar-refractivity contribution in [3.05, 3.63) is 52.8 Å². The molecule has 0 fully saturated rings. The number of nitrogens with two attached hydrogens (primary N) is 1. The fraction of sp³-hybridized carbons (Fsp3) is 0.133. The van der Waals surface area contributed by atoms with Gasteiger partial charge < -0.3 is 15.8 Å². The van der Waals surface area contributed by atoms with Gasteiger partial charge in [0.1, 0.15) is 11.6 Å². The maximum Gasteiger partial charge on any atom is 0.262 e. The summed E-state index contributed by atoms with van der Waals surface area (Å²) < 4.78 is 18.6. The Morgan fingerprint density at radius 1 is 1.33 bits per heavy atom. The first-order valence-electron chi connectivity index (χ1n) is 6.19. The molecule has 0 aliphatic carbocycles. The van der Waals surface area contributed by atoms with Crippen molar-refractivity contribution in [2.45, 2.75) is 6.92 Å². The Balaban J connectivity index is 1.94. The topological polar surface area (TPSA) is 64.3 Å². The van der Waals surface area contributed by atoms with Crippen molar-refractivity contribution in [1.29, 1.82) is 0 Å². The third-order valence-corrected chi connectivity index (χ3v) is 3.04. The minimum atomic E-state index is -0.398. The van der Waals surface area contributed by atoms with Gasteiger partial charge in [0, 0.05) is 11.1 Å². The number of nitrogen functional groups attached to an aromatic ring is 1. The van der Waals surface area contributed by atoms with Gasteiger partial charge in [0.2, 0.25) is 0 Å². The minimum Gasteiger partial charge on any atom is -0.484 e. The van der Waals surface area contributed by atoms with Gasteiger partial charge in [-0.1, -0.05) is 17.7 Å². The van der Waals surface area contributed by atoms with Gasteiger partial charge in [0.15, 0.2) is 6.61 Å². The monoisotopic (exact) mass is 308 g/mol. The standard InChI is InChI=1S/C15H14ClFN2O2/c1-9-2-4-11(7-12(9)17)21-8-15(20)19-14-5-3-10(16)6-13(14)18/h2-7H,8,18H2,1H3,(H,19,20). The molecule has 2 aromatic rings. The number of benzene rings is 2. The molecule has 0 saturated carbocycles. The maximum atomic E-state index is 13.3. The van der Waals surface area contributed by atoms with E-state index in [1.807, 2.05) is 0 Å². The van der Waals surface area contributed by atoms with Crippen LogP contribution in [-0.2, 0) is 4.79 Å². The van der Waals surface area contributed by atoms with Crippen LogP contribution >= 0.6 is 11.6 Å². The first-order valence-corrected chi connectivity index (χ1v) is 6.57. The van der Waals surface area contributed by atoms with E-state index in [-0.39, 0.29) is 18.2 Å². The van der Waals surface area contributed by atoms with Crippen molar-refractivity contribution in [1.82, 2.24) is 0 Å². The highest BCUT2D eigenvalue weighted by Gasteiger charge is 2.07. The Morgan fingerprint density at radius 3 is 2.76 bits per heavy atom. The first-order chi connectivity index (χ1) is 9.95. The average molecular weight is 309 g/mol. The number of nitrogens with one attached hydrogen (secondary N) is 1. The zero-order valence-corrected chi connectivity index (χ0v) is 12.1. The number of carbonyl (C=O) groups excluding carboxylic acids is 1. The predicted molar refractivity (Wildman–Crippen MR) is 81.1 cm³/mol. The number of anilines is 2. The number of halogens is 2. The normalized spacial score (nSPS) is 10.2. The highest BCUT2D eigenvalue weighted by molar-refractivity contribution is 6.31. The van der Waals surface area contributed by atoms with Crippen LogP contribution in [0.15, 0.2) is 36.4 Å². The second-order valence-corrected chi connectivity index (χ2v) is 4.92. The summed E-state index contributed by atoms with van der Waals surface area (Å²) in [5.41, 5.74) is 7.04. The number of rotatable bonds is 4. The summed E-state index contributed by atoms with van der Waals surface area (Å²) in [4.78, 5) is 11.8. The van der Waals surface area contributed by atoms with E-state index in [0.717, 1.165) is 0 Å². The summed E-state index contributed by atoms with van der Waals surface area (Å²) in [6.07, 6.45) is 0. The van der Waals surface area contributed by atoms with Crippen LogP contribution in [0.25, 0.3) is 0 Å². The van der Waals surface area contributed by atoms with Crippen molar-refractivity contribution in [3.8, 4) is 5.75 Å². The summed E-state index contributed by atoms with van der Waals surface area (Å²) >= 11 is 5.77. The lowest BCUT2D eigenvalue weighted by molar-refractivity contribution is -0.118. The zero-order chi connectivity index (χ0) is 15.4. The molecule has 0 spiro atoms. The Morgan fingerprint density at radius 2 is 2.10 bits per heavy atom. The van der Waals surface area contributed by atoms with E-state index >= 15 is 0 Å². The van der Waals surface area contributed by atoms with E-state index in [4.69, 9.17) is 22.1 Å². The summed E-state index contributed by atoms with van der Waals surface area (Å²) in [6, 6.07) is 9.17. The van der Waals surface area contributed by atoms with Crippen LogP contribution in [0.4, 0.5) is 15.8 Å². The largest absolute Gasteiger partial charge is 0.484 e. The molecular formula is C15H14ClFN2O2. The molecule has 0 bridgehead atoms. The highest BCUT2D eigenvalue weighted by atomic mass is 35.5. The summed E-state index contributed by atoms with van der Waals surface area (Å²) in [7, 11) is 0. The van der Waals surface area contributed by atoms with Gasteiger partial charge >= 0.3 is 0 Å². The molecule has 2 rings (SSSR count). The molecule has 110 valence electrons. The number of hydrogen-bond donors (Lipinski definition) is 2. The quantitative estimate of drug-likeness (QED) is 0.851. The van der Waals surface area contributed by atoms with Crippen LogP contribution in [0.2, 0.25) is 5.02 Å². The Hall–Kier alpha value is -2.27. The van der Waals surface area contributed by atoms with E-state index in [1.165, 1.54) is 12.1 Å². The smallest absolute Gasteiger partial charge is 0.262 e. The van der Waals surface area contributed by atoms with Gasteiger partial charge in [-0.2, -0.15) is 0 Å². The zero-order valence-electron chi connectivity index (χ0n) is 11.3. The molecular weight excluding hydrogens is 295 g/mol. The molecule has 0 heterocycles. The van der Waals surface area contributed by atoms with E-state index in [1.54, 1.807) is 31.2 Å². The van der Waals surface area contributed by atoms with Crippen LogP contribution in [0.5, 0.6) is 5.75 Å². The molecule has 0 aliphatic heterocycles. The lowest BCUT2D eigenvalue weighted by Gasteiger charge is -2.10. The third kappa shape index (κ3) is 4.10. The van der Waals surface area contributed by atoms with Gasteiger partial charge in [-0.05, 0) is 36.8 Å². The number of amides is 1. The summed E-state index contributed by atoms with van der Waals surface area (Å²) in [5, 5.41) is 3.08. The first kappa shape index (κ1) is 15.1. The number of hydrogen-bond acceptors (Lipinski definition) is 3. The molecule has 0 aliphatic rings. The van der Waals surface area contributed by atoms with Crippen molar-refractivity contribution in [2.24, 2.45) is 0 Å². The van der Waals surface area contributed by atoms with Crippen LogP contribution in [0.3, 0.4) is 0 Å². The van der Waals surface area contributed by atoms with Crippen molar-refractivity contribution < 1.29 is 13.9 Å². The fourth-order valence-corrected chi connectivity index (χ4v) is 1.83. The van der Waals surface area contributed by atoms with Gasteiger partial charge in [-0.15, -0.1) is 0 Å². The predicted octanol–water partition coefficient (Wildman–Crippen LogP) is 3.39. The number of aryl methyl sites for hydroxylation is 1. The Bertz CT molecular complexity index is 677. The molecule has 4 nitrogen and oxygen atoms in total. The Kier molecular flexibility index (Phi) is 4.65. The molecule has 0 radical (unpaired) electrons. The molecule has 2 aromatic carbocycles. The second-order valence-electron chi connectivity index (χ2n) is 4.48. The van der Waals surface area contributed by atoms with E-state index in [0.29, 0.717) is 22.0 Å². The molecule has 6 heteroatoms. The highest BCUT2D eigenvalue weighted by Crippen LogP contribution is 2.22. The van der Waals surface area contributed by atoms with Gasteiger partial charge in [0.25, 0.3) is 5.91 Å². The Labute approximate surface area is 126 Å². The van der Waals surface area contributed by atoms with Gasteiger partial charge in [0.05, 0.1) is 11.4 Å². The molecule has 3 N–H and O–H groups in total. The van der Waals surface area contributed by atoms with E-state index < -0.39 is 5.91 Å². The van der Waals surface area contributed by atoms with Crippen LogP contribution in [0.1, 0.15) is 5.56 Å². The molecule has 0 aromatic heterocycles. The maximum absolute atomic E-state index is 13.3. The number of ether oxygens (including phenoxy) is 1. The summed E-state index contributed by atoms with van der Waals surface area (Å²) in [6.45, 7) is 1.40. The molecule has 21 heavy (non-hydrogen) atoms. The second kappa shape index (κ2) is 6.45. The molecule has 1 amide bonds. The molecule has 0 saturated heterocycles. The molecule has 0 atom stereocenters. The molecule has 0 unspecified atom stereocenters. The van der Waals surface area contributed by atoms with Crippen LogP contribution < -0.4 is 15.8 Å². The third-order valence-electron chi connectivity index (χ3n) is 2.80.